The maximum absolute atomic E-state index is 5.27. The van der Waals surface area contributed by atoms with Gasteiger partial charge in [0.25, 0.3) is 4.80 Å². The molecular weight excluding hydrogens is 236 g/mol. The number of aromatic nitrogens is 2. The Bertz CT molecular complexity index is 271. The zero-order valence-corrected chi connectivity index (χ0v) is 8.79. The summed E-state index contributed by atoms with van der Waals surface area (Å²) in [6, 6.07) is 0. The Hall–Kier alpha value is -0.420. The van der Waals surface area contributed by atoms with Crippen molar-refractivity contribution in [2.75, 3.05) is 13.2 Å². The average molecular weight is 247 g/mol. The summed E-state index contributed by atoms with van der Waals surface area (Å²) >= 11 is 3.13. The largest absolute Gasteiger partial charge is 0.416 e. The molecular formula is C8H11BrN2O2. The Morgan fingerprint density at radius 2 is 2.08 bits per heavy atom. The van der Waals surface area contributed by atoms with Gasteiger partial charge in [0.05, 0.1) is 0 Å². The van der Waals surface area contributed by atoms with Crippen LogP contribution in [-0.2, 0) is 11.2 Å². The molecule has 0 saturated carbocycles. The lowest BCUT2D eigenvalue weighted by atomic mass is 9.97. The molecule has 1 fully saturated rings. The van der Waals surface area contributed by atoms with Crippen molar-refractivity contribution in [2.45, 2.75) is 19.3 Å². The van der Waals surface area contributed by atoms with Gasteiger partial charge in [-0.3, -0.25) is 0 Å². The normalized spacial score (nSPS) is 19.2. The maximum Gasteiger partial charge on any atom is 0.284 e. The monoisotopic (exact) mass is 246 g/mol. The number of rotatable bonds is 2. The van der Waals surface area contributed by atoms with Crippen molar-refractivity contribution in [2.24, 2.45) is 5.92 Å². The molecule has 13 heavy (non-hydrogen) atoms. The van der Waals surface area contributed by atoms with Gasteiger partial charge >= 0.3 is 0 Å². The van der Waals surface area contributed by atoms with E-state index in [1.54, 1.807) is 0 Å². The lowest BCUT2D eigenvalue weighted by molar-refractivity contribution is 0.0646. The van der Waals surface area contributed by atoms with E-state index in [2.05, 4.69) is 26.1 Å². The van der Waals surface area contributed by atoms with Gasteiger partial charge in [0.15, 0.2) is 0 Å². The molecule has 1 aliphatic heterocycles. The zero-order chi connectivity index (χ0) is 9.10. The van der Waals surface area contributed by atoms with Gasteiger partial charge in [0, 0.05) is 35.6 Å². The summed E-state index contributed by atoms with van der Waals surface area (Å²) in [6.45, 7) is 1.72. The highest BCUT2D eigenvalue weighted by atomic mass is 79.9. The predicted octanol–water partition coefficient (Wildman–Crippen LogP) is 1.80. The Morgan fingerprint density at radius 1 is 1.31 bits per heavy atom. The number of ether oxygens (including phenoxy) is 1. The third-order valence-corrected chi connectivity index (χ3v) is 2.57. The summed E-state index contributed by atoms with van der Waals surface area (Å²) in [5.74, 6) is 1.36. The van der Waals surface area contributed by atoms with E-state index in [4.69, 9.17) is 9.15 Å². The van der Waals surface area contributed by atoms with Crippen LogP contribution in [0.15, 0.2) is 9.22 Å². The van der Waals surface area contributed by atoms with E-state index >= 15 is 0 Å². The van der Waals surface area contributed by atoms with Gasteiger partial charge in [0.2, 0.25) is 5.89 Å². The molecule has 0 radical (unpaired) electrons. The van der Waals surface area contributed by atoms with Crippen LogP contribution in [0.4, 0.5) is 0 Å². The smallest absolute Gasteiger partial charge is 0.284 e. The molecule has 72 valence electrons. The second-order valence-corrected chi connectivity index (χ2v) is 3.89. The second-order valence-electron chi connectivity index (χ2n) is 3.21. The van der Waals surface area contributed by atoms with Crippen molar-refractivity contribution < 1.29 is 9.15 Å². The quantitative estimate of drug-likeness (QED) is 0.799. The van der Waals surface area contributed by atoms with Crippen LogP contribution in [-0.4, -0.2) is 23.4 Å². The minimum absolute atomic E-state index is 0.467. The van der Waals surface area contributed by atoms with Gasteiger partial charge in [-0.1, -0.05) is 0 Å². The molecule has 0 amide bonds. The molecule has 0 aromatic carbocycles. The lowest BCUT2D eigenvalue weighted by Gasteiger charge is -2.19. The molecule has 0 N–H and O–H groups in total. The first-order valence-corrected chi connectivity index (χ1v) is 5.19. The highest BCUT2D eigenvalue weighted by Crippen LogP contribution is 2.20. The molecule has 1 saturated heterocycles. The first-order valence-electron chi connectivity index (χ1n) is 4.40. The molecule has 1 aromatic heterocycles. The van der Waals surface area contributed by atoms with Gasteiger partial charge in [-0.25, -0.2) is 0 Å². The van der Waals surface area contributed by atoms with Gasteiger partial charge in [-0.05, 0) is 18.8 Å². The fourth-order valence-corrected chi connectivity index (χ4v) is 1.78. The number of hydrogen-bond acceptors (Lipinski definition) is 4. The molecule has 5 heteroatoms. The summed E-state index contributed by atoms with van der Waals surface area (Å²) in [6.07, 6.45) is 3.07. The van der Waals surface area contributed by atoms with E-state index in [0.717, 1.165) is 38.4 Å². The van der Waals surface area contributed by atoms with E-state index in [1.165, 1.54) is 0 Å². The molecule has 0 aliphatic carbocycles. The molecule has 4 nitrogen and oxygen atoms in total. The average Bonchev–Trinajstić information content (AvgIpc) is 2.53. The van der Waals surface area contributed by atoms with Crippen LogP contribution in [0, 0.1) is 5.92 Å². The van der Waals surface area contributed by atoms with Crippen molar-refractivity contribution in [3.63, 3.8) is 0 Å². The summed E-state index contributed by atoms with van der Waals surface area (Å²) in [4.78, 5) is 0.467. The predicted molar refractivity (Wildman–Crippen MR) is 49.2 cm³/mol. The molecule has 1 aliphatic rings. The third-order valence-electron chi connectivity index (χ3n) is 2.25. The van der Waals surface area contributed by atoms with E-state index in [9.17, 15) is 0 Å². The van der Waals surface area contributed by atoms with Crippen LogP contribution >= 0.6 is 15.9 Å². The number of nitrogens with zero attached hydrogens (tertiary/aromatic N) is 2. The van der Waals surface area contributed by atoms with Crippen LogP contribution in [0.25, 0.3) is 0 Å². The molecule has 0 unspecified atom stereocenters. The molecule has 1 aromatic rings. The van der Waals surface area contributed by atoms with Crippen molar-refractivity contribution >= 4 is 15.9 Å². The third kappa shape index (κ3) is 2.51. The van der Waals surface area contributed by atoms with Crippen LogP contribution in [0.2, 0.25) is 0 Å². The van der Waals surface area contributed by atoms with Crippen molar-refractivity contribution in [1.82, 2.24) is 10.2 Å². The molecule has 0 bridgehead atoms. The summed E-state index contributed by atoms with van der Waals surface area (Å²) < 4.78 is 10.5. The fraction of sp³-hybridized carbons (Fsp3) is 0.750. The second kappa shape index (κ2) is 4.19. The van der Waals surface area contributed by atoms with Gasteiger partial charge in [0.1, 0.15) is 0 Å². The molecule has 0 spiro atoms. The van der Waals surface area contributed by atoms with Gasteiger partial charge in [-0.15, -0.1) is 10.2 Å². The van der Waals surface area contributed by atoms with Crippen LogP contribution in [0.5, 0.6) is 0 Å². The zero-order valence-electron chi connectivity index (χ0n) is 7.20. The van der Waals surface area contributed by atoms with Crippen LogP contribution < -0.4 is 0 Å². The molecule has 2 heterocycles. The van der Waals surface area contributed by atoms with Crippen LogP contribution in [0.1, 0.15) is 18.7 Å². The lowest BCUT2D eigenvalue weighted by Crippen LogP contribution is -2.17. The molecule has 2 rings (SSSR count). The van der Waals surface area contributed by atoms with Gasteiger partial charge < -0.3 is 9.15 Å². The van der Waals surface area contributed by atoms with Crippen molar-refractivity contribution in [3.05, 3.63) is 10.7 Å². The topological polar surface area (TPSA) is 48.2 Å². The van der Waals surface area contributed by atoms with E-state index < -0.39 is 0 Å². The van der Waals surface area contributed by atoms with Gasteiger partial charge in [-0.2, -0.15) is 0 Å². The first kappa shape index (κ1) is 9.15. The Morgan fingerprint density at radius 3 is 2.69 bits per heavy atom. The minimum atomic E-state index is 0.467. The Balaban J connectivity index is 1.89. The standard InChI is InChI=1S/C8H11BrN2O2/c9-8-11-10-7(13-8)5-6-1-3-12-4-2-6/h6H,1-5H2. The maximum atomic E-state index is 5.27. The summed E-state index contributed by atoms with van der Waals surface area (Å²) in [5, 5.41) is 7.66. The first-order chi connectivity index (χ1) is 6.34. The highest BCUT2D eigenvalue weighted by Gasteiger charge is 2.17. The van der Waals surface area contributed by atoms with E-state index in [1.807, 2.05) is 0 Å². The minimum Gasteiger partial charge on any atom is -0.416 e. The highest BCUT2D eigenvalue weighted by molar-refractivity contribution is 9.10. The van der Waals surface area contributed by atoms with E-state index in [-0.39, 0.29) is 0 Å². The van der Waals surface area contributed by atoms with E-state index in [0.29, 0.717) is 10.7 Å². The Labute approximate surface area is 84.8 Å². The summed E-state index contributed by atoms with van der Waals surface area (Å²) in [7, 11) is 0. The van der Waals surface area contributed by atoms with Crippen molar-refractivity contribution in [3.8, 4) is 0 Å². The number of hydrogen-bond donors (Lipinski definition) is 0. The van der Waals surface area contributed by atoms with Crippen molar-refractivity contribution in [1.29, 1.82) is 0 Å². The Kier molecular flexibility index (Phi) is 2.95. The number of halogens is 1. The molecule has 0 atom stereocenters. The SMILES string of the molecule is Brc1nnc(CC2CCOCC2)o1. The summed E-state index contributed by atoms with van der Waals surface area (Å²) in [5.41, 5.74) is 0. The fourth-order valence-electron chi connectivity index (χ4n) is 1.51. The van der Waals surface area contributed by atoms with Crippen LogP contribution in [0.3, 0.4) is 0 Å².